The average molecular weight is 693 g/mol. The zero-order valence-corrected chi connectivity index (χ0v) is 29.7. The van der Waals surface area contributed by atoms with Crippen molar-refractivity contribution in [3.8, 4) is 39.6 Å². The van der Waals surface area contributed by atoms with Crippen LogP contribution in [0, 0.1) is 5.92 Å². The van der Waals surface area contributed by atoms with Crippen LogP contribution in [-0.4, -0.2) is 20.6 Å². The molecule has 0 amide bonds. The molecule has 4 nitrogen and oxygen atoms in total. The first-order chi connectivity index (χ1) is 26.8. The highest BCUT2D eigenvalue weighted by Gasteiger charge is 2.40. The number of fused-ring (bicyclic) bond motifs is 8. The molecule has 1 aliphatic heterocycles. The van der Waals surface area contributed by atoms with E-state index in [1.165, 1.54) is 49.6 Å². The number of anilines is 1. The van der Waals surface area contributed by atoms with E-state index in [1.807, 2.05) is 12.1 Å². The van der Waals surface area contributed by atoms with Crippen LogP contribution < -0.4 is 4.90 Å². The van der Waals surface area contributed by atoms with Crippen LogP contribution in [0.2, 0.25) is 0 Å². The maximum Gasteiger partial charge on any atom is 0.235 e. The first kappa shape index (κ1) is 30.8. The quantitative estimate of drug-likeness (QED) is 0.180. The Labute approximate surface area is 314 Å². The van der Waals surface area contributed by atoms with E-state index in [-0.39, 0.29) is 0 Å². The van der Waals surface area contributed by atoms with Gasteiger partial charge >= 0.3 is 0 Å². The number of para-hydroxylation sites is 1. The van der Waals surface area contributed by atoms with Crippen LogP contribution in [-0.2, 0) is 0 Å². The standard InChI is InChI=1S/C50H36N4/c1-3-15-34(16-4-1)43-32-44(35-17-5-2-6-18-35)52-50(51-43)54-47-26-14-11-23-41(47)49-40-22-8-7-19-37(40)42(31-48(49)54)33-27-29-36(30-28-33)53-45-24-12-9-20-38(45)39-21-10-13-25-46(39)53/h1-9,11-12,14-32,38,45H,10,13H2. The molecule has 0 spiro atoms. The summed E-state index contributed by atoms with van der Waals surface area (Å²) in [5.74, 6) is 1.06. The van der Waals surface area contributed by atoms with E-state index in [9.17, 15) is 0 Å². The minimum atomic E-state index is 0.303. The Morgan fingerprint density at radius 2 is 1.15 bits per heavy atom. The molecule has 11 rings (SSSR count). The molecule has 256 valence electrons. The van der Waals surface area contributed by atoms with Crippen LogP contribution in [0.25, 0.3) is 72.2 Å². The molecule has 0 N–H and O–H groups in total. The van der Waals surface area contributed by atoms with Crippen molar-refractivity contribution >= 4 is 38.3 Å². The number of rotatable bonds is 5. The lowest BCUT2D eigenvalue weighted by Gasteiger charge is -2.28. The van der Waals surface area contributed by atoms with Crippen LogP contribution in [0.1, 0.15) is 12.8 Å². The summed E-state index contributed by atoms with van der Waals surface area (Å²) in [6.07, 6.45) is 16.2. The lowest BCUT2D eigenvalue weighted by Crippen LogP contribution is -2.30. The molecule has 2 aromatic heterocycles. The second-order valence-corrected chi connectivity index (χ2v) is 14.4. The molecule has 6 aromatic carbocycles. The van der Waals surface area contributed by atoms with E-state index < -0.39 is 0 Å². The lowest BCUT2D eigenvalue weighted by molar-refractivity contribution is 0.701. The Morgan fingerprint density at radius 1 is 0.519 bits per heavy atom. The highest BCUT2D eigenvalue weighted by molar-refractivity contribution is 6.24. The molecular weight excluding hydrogens is 657 g/mol. The van der Waals surface area contributed by atoms with Gasteiger partial charge in [0.25, 0.3) is 0 Å². The number of hydrogen-bond acceptors (Lipinski definition) is 3. The molecule has 3 heterocycles. The molecule has 2 atom stereocenters. The van der Waals surface area contributed by atoms with Crippen molar-refractivity contribution < 1.29 is 0 Å². The summed E-state index contributed by atoms with van der Waals surface area (Å²) in [7, 11) is 0. The molecule has 1 fully saturated rings. The first-order valence-electron chi connectivity index (χ1n) is 18.9. The molecular formula is C50H36N4. The number of allylic oxidation sites excluding steroid dienone is 5. The van der Waals surface area contributed by atoms with Crippen molar-refractivity contribution in [2.75, 3.05) is 4.90 Å². The fraction of sp³-hybridized carbons (Fsp3) is 0.0800. The largest absolute Gasteiger partial charge is 0.334 e. The summed E-state index contributed by atoms with van der Waals surface area (Å²) in [6.45, 7) is 0. The monoisotopic (exact) mass is 692 g/mol. The topological polar surface area (TPSA) is 34.0 Å². The van der Waals surface area contributed by atoms with Gasteiger partial charge in [-0.05, 0) is 70.6 Å². The van der Waals surface area contributed by atoms with Crippen LogP contribution >= 0.6 is 0 Å². The molecule has 3 aliphatic rings. The number of aromatic nitrogens is 3. The molecule has 2 aliphatic carbocycles. The fourth-order valence-corrected chi connectivity index (χ4v) is 8.96. The summed E-state index contributed by atoms with van der Waals surface area (Å²) in [6, 6.07) is 52.3. The van der Waals surface area contributed by atoms with E-state index in [0.29, 0.717) is 17.9 Å². The molecule has 8 aromatic rings. The highest BCUT2D eigenvalue weighted by atomic mass is 15.2. The first-order valence-corrected chi connectivity index (χ1v) is 18.9. The van der Waals surface area contributed by atoms with Crippen molar-refractivity contribution in [3.63, 3.8) is 0 Å². The van der Waals surface area contributed by atoms with Crippen LogP contribution in [0.15, 0.2) is 193 Å². The van der Waals surface area contributed by atoms with Gasteiger partial charge in [0, 0.05) is 39.2 Å². The Kier molecular flexibility index (Phi) is 7.09. The predicted octanol–water partition coefficient (Wildman–Crippen LogP) is 12.3. The van der Waals surface area contributed by atoms with Crippen LogP contribution in [0.5, 0.6) is 0 Å². The van der Waals surface area contributed by atoms with Gasteiger partial charge in [-0.25, -0.2) is 9.97 Å². The Bertz CT molecular complexity index is 2820. The van der Waals surface area contributed by atoms with Gasteiger partial charge in [0.05, 0.1) is 28.5 Å². The molecule has 1 saturated heterocycles. The van der Waals surface area contributed by atoms with Crippen LogP contribution in [0.4, 0.5) is 5.69 Å². The van der Waals surface area contributed by atoms with Gasteiger partial charge in [0.1, 0.15) is 0 Å². The molecule has 0 radical (unpaired) electrons. The Balaban J connectivity index is 1.12. The van der Waals surface area contributed by atoms with Gasteiger partial charge in [-0.15, -0.1) is 0 Å². The summed E-state index contributed by atoms with van der Waals surface area (Å²) < 4.78 is 2.27. The number of hydrogen-bond donors (Lipinski definition) is 0. The summed E-state index contributed by atoms with van der Waals surface area (Å²) in [5.41, 5.74) is 12.5. The zero-order valence-electron chi connectivity index (χ0n) is 29.7. The maximum absolute atomic E-state index is 5.30. The third-order valence-electron chi connectivity index (χ3n) is 11.4. The van der Waals surface area contributed by atoms with Crippen molar-refractivity contribution in [2.45, 2.75) is 18.9 Å². The van der Waals surface area contributed by atoms with Gasteiger partial charge in [0.2, 0.25) is 5.95 Å². The van der Waals surface area contributed by atoms with E-state index in [4.69, 9.17) is 9.97 Å². The minimum Gasteiger partial charge on any atom is -0.334 e. The van der Waals surface area contributed by atoms with Gasteiger partial charge in [-0.3, -0.25) is 4.57 Å². The Morgan fingerprint density at radius 3 is 1.89 bits per heavy atom. The highest BCUT2D eigenvalue weighted by Crippen LogP contribution is 2.47. The van der Waals surface area contributed by atoms with Crippen molar-refractivity contribution in [1.29, 1.82) is 0 Å². The number of benzene rings is 6. The van der Waals surface area contributed by atoms with Crippen LogP contribution in [0.3, 0.4) is 0 Å². The van der Waals surface area contributed by atoms with Crippen molar-refractivity contribution in [2.24, 2.45) is 5.92 Å². The molecule has 0 saturated carbocycles. The molecule has 54 heavy (non-hydrogen) atoms. The van der Waals surface area contributed by atoms with E-state index in [0.717, 1.165) is 46.4 Å². The molecule has 0 bridgehead atoms. The molecule has 4 heteroatoms. The van der Waals surface area contributed by atoms with E-state index >= 15 is 0 Å². The van der Waals surface area contributed by atoms with E-state index in [1.54, 1.807) is 0 Å². The summed E-state index contributed by atoms with van der Waals surface area (Å²) in [4.78, 5) is 13.1. The third-order valence-corrected chi connectivity index (χ3v) is 11.4. The number of nitrogens with zero attached hydrogens (tertiary/aromatic N) is 4. The van der Waals surface area contributed by atoms with Gasteiger partial charge in [0.15, 0.2) is 0 Å². The van der Waals surface area contributed by atoms with Gasteiger partial charge < -0.3 is 4.90 Å². The average Bonchev–Trinajstić information content (AvgIpc) is 3.77. The fourth-order valence-electron chi connectivity index (χ4n) is 8.96. The lowest BCUT2D eigenvalue weighted by atomic mass is 9.89. The van der Waals surface area contributed by atoms with Crippen molar-refractivity contribution in [1.82, 2.24) is 14.5 Å². The smallest absolute Gasteiger partial charge is 0.235 e. The van der Waals surface area contributed by atoms with Gasteiger partial charge in [-0.1, -0.05) is 152 Å². The SMILES string of the molecule is C1=CC2C3=CCCC=C3N(c3ccc(-c4cc5c(c6ccccc46)c4ccccc4n5-c4nc(-c5ccccc5)cc(-c5ccccc5)n4)cc3)C2C=C1. The second kappa shape index (κ2) is 12.4. The minimum absolute atomic E-state index is 0.303. The second-order valence-electron chi connectivity index (χ2n) is 14.4. The normalized spacial score (nSPS) is 17.5. The van der Waals surface area contributed by atoms with Gasteiger partial charge in [-0.2, -0.15) is 0 Å². The zero-order chi connectivity index (χ0) is 35.6. The Hall–Kier alpha value is -6.78. The summed E-state index contributed by atoms with van der Waals surface area (Å²) in [5, 5.41) is 4.84. The van der Waals surface area contributed by atoms with Crippen molar-refractivity contribution in [3.05, 3.63) is 193 Å². The summed E-state index contributed by atoms with van der Waals surface area (Å²) >= 11 is 0. The molecule has 2 unspecified atom stereocenters. The third kappa shape index (κ3) is 4.84. The predicted molar refractivity (Wildman–Crippen MR) is 224 cm³/mol. The maximum atomic E-state index is 5.30. The van der Waals surface area contributed by atoms with E-state index in [2.05, 4.69) is 179 Å².